The summed E-state index contributed by atoms with van der Waals surface area (Å²) in [5, 5.41) is 2.67. The van der Waals surface area contributed by atoms with Crippen molar-refractivity contribution >= 4 is 11.9 Å². The summed E-state index contributed by atoms with van der Waals surface area (Å²) in [5.74, 6) is 0.468. The number of aromatic nitrogens is 3. The van der Waals surface area contributed by atoms with Crippen LogP contribution in [0.2, 0.25) is 0 Å². The Labute approximate surface area is 135 Å². The van der Waals surface area contributed by atoms with Crippen molar-refractivity contribution in [2.24, 2.45) is 0 Å². The van der Waals surface area contributed by atoms with E-state index in [2.05, 4.69) is 19.9 Å². The molecule has 122 valence electrons. The normalized spacial score (nSPS) is 14.2. The second-order valence-corrected chi connectivity index (χ2v) is 6.74. The van der Waals surface area contributed by atoms with Crippen molar-refractivity contribution in [1.82, 2.24) is 14.5 Å². The Morgan fingerprint density at radius 1 is 1.26 bits per heavy atom. The third-order valence-corrected chi connectivity index (χ3v) is 3.68. The van der Waals surface area contributed by atoms with Gasteiger partial charge in [0.15, 0.2) is 0 Å². The van der Waals surface area contributed by atoms with Crippen LogP contribution in [0.25, 0.3) is 5.69 Å². The van der Waals surface area contributed by atoms with Crippen LogP contribution in [0, 0.1) is 0 Å². The average molecular weight is 314 g/mol. The summed E-state index contributed by atoms with van der Waals surface area (Å²) in [6.45, 7) is 5.48. The molecule has 2 aromatic heterocycles. The number of carbonyl (C=O) groups is 1. The third kappa shape index (κ3) is 3.70. The van der Waals surface area contributed by atoms with E-state index in [0.29, 0.717) is 5.82 Å². The molecule has 1 aliphatic carbocycles. The number of nitrogens with zero attached hydrogens (tertiary/aromatic N) is 3. The Morgan fingerprint density at radius 2 is 2.04 bits per heavy atom. The van der Waals surface area contributed by atoms with Gasteiger partial charge in [0, 0.05) is 18.0 Å². The number of fused-ring (bicyclic) bond motifs is 1. The topological polar surface area (TPSA) is 69.0 Å². The highest BCUT2D eigenvalue weighted by molar-refractivity contribution is 5.83. The molecule has 0 bridgehead atoms. The minimum atomic E-state index is -0.537. The summed E-state index contributed by atoms with van der Waals surface area (Å²) in [6.07, 6.45) is 7.48. The lowest BCUT2D eigenvalue weighted by Crippen LogP contribution is -2.27. The molecule has 0 unspecified atom stereocenters. The minimum absolute atomic E-state index is 0.468. The second-order valence-electron chi connectivity index (χ2n) is 6.74. The van der Waals surface area contributed by atoms with Crippen LogP contribution in [0.1, 0.15) is 45.0 Å². The molecular weight excluding hydrogens is 292 g/mol. The first kappa shape index (κ1) is 15.5. The predicted octanol–water partition coefficient (Wildman–Crippen LogP) is 3.49. The molecule has 0 saturated heterocycles. The number of nitrogens with one attached hydrogen (secondary N) is 1. The van der Waals surface area contributed by atoms with Crippen molar-refractivity contribution in [2.75, 3.05) is 5.32 Å². The smallest absolute Gasteiger partial charge is 0.413 e. The number of carbonyl (C=O) groups excluding carboxylic acids is 1. The van der Waals surface area contributed by atoms with E-state index in [-0.39, 0.29) is 0 Å². The summed E-state index contributed by atoms with van der Waals surface area (Å²) in [5.41, 5.74) is 2.84. The van der Waals surface area contributed by atoms with Crippen LogP contribution in [0.15, 0.2) is 24.7 Å². The van der Waals surface area contributed by atoms with Gasteiger partial charge in [-0.05, 0) is 52.5 Å². The van der Waals surface area contributed by atoms with Gasteiger partial charge < -0.3 is 9.30 Å². The molecule has 0 atom stereocenters. The number of anilines is 1. The maximum absolute atomic E-state index is 11.9. The van der Waals surface area contributed by atoms with Crippen LogP contribution in [-0.2, 0) is 17.6 Å². The van der Waals surface area contributed by atoms with Crippen LogP contribution in [-0.4, -0.2) is 26.2 Å². The molecule has 1 N–H and O–H groups in total. The lowest BCUT2D eigenvalue weighted by Gasteiger charge is -2.19. The number of rotatable bonds is 2. The Kier molecular flexibility index (Phi) is 4.07. The number of pyridine rings is 1. The van der Waals surface area contributed by atoms with E-state index in [1.165, 1.54) is 24.2 Å². The zero-order valence-electron chi connectivity index (χ0n) is 13.8. The van der Waals surface area contributed by atoms with E-state index in [0.717, 1.165) is 18.5 Å². The zero-order chi connectivity index (χ0) is 16.4. The molecule has 2 heterocycles. The predicted molar refractivity (Wildman–Crippen MR) is 87.9 cm³/mol. The van der Waals surface area contributed by atoms with Crippen LogP contribution in [0.4, 0.5) is 10.6 Å². The fraction of sp³-hybridized carbons (Fsp3) is 0.471. The molecule has 1 aliphatic rings. The van der Waals surface area contributed by atoms with Crippen molar-refractivity contribution in [2.45, 2.75) is 52.1 Å². The van der Waals surface area contributed by atoms with Gasteiger partial charge in [0.1, 0.15) is 11.4 Å². The van der Waals surface area contributed by atoms with Crippen LogP contribution < -0.4 is 5.32 Å². The van der Waals surface area contributed by atoms with Crippen molar-refractivity contribution < 1.29 is 9.53 Å². The van der Waals surface area contributed by atoms with Gasteiger partial charge in [0.05, 0.1) is 17.7 Å². The van der Waals surface area contributed by atoms with Crippen molar-refractivity contribution in [3.63, 3.8) is 0 Å². The number of imidazole rings is 1. The largest absolute Gasteiger partial charge is 0.444 e. The molecule has 0 saturated carbocycles. The lowest BCUT2D eigenvalue weighted by molar-refractivity contribution is 0.0635. The average Bonchev–Trinajstić information content (AvgIpc) is 2.89. The highest BCUT2D eigenvalue weighted by Crippen LogP contribution is 2.24. The number of ether oxygens (including phenoxy) is 1. The highest BCUT2D eigenvalue weighted by atomic mass is 16.6. The van der Waals surface area contributed by atoms with E-state index in [9.17, 15) is 4.79 Å². The Hall–Kier alpha value is -2.37. The van der Waals surface area contributed by atoms with Crippen molar-refractivity contribution in [3.8, 4) is 5.69 Å². The first-order valence-electron chi connectivity index (χ1n) is 7.94. The van der Waals surface area contributed by atoms with E-state index >= 15 is 0 Å². The third-order valence-electron chi connectivity index (χ3n) is 3.68. The summed E-state index contributed by atoms with van der Waals surface area (Å²) in [4.78, 5) is 20.6. The van der Waals surface area contributed by atoms with Crippen LogP contribution in [0.5, 0.6) is 0 Å². The quantitative estimate of drug-likeness (QED) is 0.921. The van der Waals surface area contributed by atoms with Gasteiger partial charge in [-0.1, -0.05) is 0 Å². The monoisotopic (exact) mass is 314 g/mol. The number of hydrogen-bond acceptors (Lipinski definition) is 4. The molecule has 3 rings (SSSR count). The highest BCUT2D eigenvalue weighted by Gasteiger charge is 2.18. The summed E-state index contributed by atoms with van der Waals surface area (Å²) >= 11 is 0. The van der Waals surface area contributed by atoms with Crippen LogP contribution >= 0.6 is 0 Å². The van der Waals surface area contributed by atoms with Gasteiger partial charge in [-0.2, -0.15) is 0 Å². The van der Waals surface area contributed by atoms with Crippen molar-refractivity contribution in [3.05, 3.63) is 36.0 Å². The number of hydrogen-bond donors (Lipinski definition) is 1. The van der Waals surface area contributed by atoms with Gasteiger partial charge in [0.2, 0.25) is 0 Å². The summed E-state index contributed by atoms with van der Waals surface area (Å²) < 4.78 is 7.33. The number of aryl methyl sites for hydroxylation is 1. The minimum Gasteiger partial charge on any atom is -0.444 e. The maximum Gasteiger partial charge on any atom is 0.413 e. The SMILES string of the molecule is CC(C)(C)OC(=O)Nc1cc(-n2cnc3c2CCCC3)ccn1. The Balaban J connectivity index is 1.80. The molecule has 1 amide bonds. The molecule has 6 heteroatoms. The molecule has 6 nitrogen and oxygen atoms in total. The summed E-state index contributed by atoms with van der Waals surface area (Å²) in [6, 6.07) is 3.75. The molecule has 0 aliphatic heterocycles. The van der Waals surface area contributed by atoms with Gasteiger partial charge in [-0.15, -0.1) is 0 Å². The maximum atomic E-state index is 11.9. The molecule has 0 radical (unpaired) electrons. The zero-order valence-corrected chi connectivity index (χ0v) is 13.8. The number of amides is 1. The van der Waals surface area contributed by atoms with E-state index in [4.69, 9.17) is 4.74 Å². The fourth-order valence-corrected chi connectivity index (χ4v) is 2.74. The fourth-order valence-electron chi connectivity index (χ4n) is 2.74. The first-order chi connectivity index (χ1) is 10.9. The molecule has 23 heavy (non-hydrogen) atoms. The van der Waals surface area contributed by atoms with Crippen LogP contribution in [0.3, 0.4) is 0 Å². The molecule has 0 aromatic carbocycles. The molecular formula is C17H22N4O2. The van der Waals surface area contributed by atoms with E-state index in [1.807, 2.05) is 39.2 Å². The van der Waals surface area contributed by atoms with E-state index in [1.54, 1.807) is 6.20 Å². The standard InChI is InChI=1S/C17H22N4O2/c1-17(2,3)23-16(22)20-15-10-12(8-9-18-15)21-11-19-13-6-4-5-7-14(13)21/h8-11H,4-7H2,1-3H3,(H,18,20,22). The second kappa shape index (κ2) is 6.02. The van der Waals surface area contributed by atoms with Gasteiger partial charge >= 0.3 is 6.09 Å². The van der Waals surface area contributed by atoms with Gasteiger partial charge in [-0.3, -0.25) is 5.32 Å². The van der Waals surface area contributed by atoms with E-state index < -0.39 is 11.7 Å². The Bertz CT molecular complexity index is 716. The molecule has 2 aromatic rings. The molecule has 0 spiro atoms. The summed E-state index contributed by atoms with van der Waals surface area (Å²) in [7, 11) is 0. The van der Waals surface area contributed by atoms with Gasteiger partial charge in [0.25, 0.3) is 0 Å². The Morgan fingerprint density at radius 3 is 2.83 bits per heavy atom. The van der Waals surface area contributed by atoms with Gasteiger partial charge in [-0.25, -0.2) is 14.8 Å². The lowest BCUT2D eigenvalue weighted by atomic mass is 10.0. The first-order valence-corrected chi connectivity index (χ1v) is 7.94. The van der Waals surface area contributed by atoms with Crippen molar-refractivity contribution in [1.29, 1.82) is 0 Å². The molecule has 0 fully saturated rings.